The molecular formula is C17H37IN4. The second-order valence-corrected chi connectivity index (χ2v) is 6.43. The van der Waals surface area contributed by atoms with Crippen LogP contribution in [0.15, 0.2) is 4.99 Å². The Morgan fingerprint density at radius 2 is 2.05 bits per heavy atom. The van der Waals surface area contributed by atoms with Gasteiger partial charge in [-0.2, -0.15) is 0 Å². The molecule has 2 unspecified atom stereocenters. The predicted octanol–water partition coefficient (Wildman–Crippen LogP) is 3.33. The van der Waals surface area contributed by atoms with Crippen molar-refractivity contribution in [3.63, 3.8) is 0 Å². The Morgan fingerprint density at radius 1 is 1.27 bits per heavy atom. The first-order valence-corrected chi connectivity index (χ1v) is 8.90. The van der Waals surface area contributed by atoms with E-state index in [-0.39, 0.29) is 24.0 Å². The molecule has 0 spiro atoms. The van der Waals surface area contributed by atoms with Crippen molar-refractivity contribution in [2.75, 3.05) is 39.8 Å². The van der Waals surface area contributed by atoms with E-state index in [9.17, 15) is 0 Å². The van der Waals surface area contributed by atoms with Gasteiger partial charge >= 0.3 is 0 Å². The van der Waals surface area contributed by atoms with Crippen LogP contribution in [0.25, 0.3) is 0 Å². The summed E-state index contributed by atoms with van der Waals surface area (Å²) in [4.78, 5) is 7.21. The van der Waals surface area contributed by atoms with Crippen molar-refractivity contribution in [2.24, 2.45) is 16.8 Å². The van der Waals surface area contributed by atoms with Gasteiger partial charge in [0, 0.05) is 26.2 Å². The Balaban J connectivity index is 0.00000441. The topological polar surface area (TPSA) is 39.7 Å². The van der Waals surface area contributed by atoms with E-state index >= 15 is 0 Å². The average molecular weight is 424 g/mol. The summed E-state index contributed by atoms with van der Waals surface area (Å²) in [5.74, 6) is 2.50. The second kappa shape index (κ2) is 13.4. The number of hydrogen-bond acceptors (Lipinski definition) is 2. The smallest absolute Gasteiger partial charge is 0.191 e. The van der Waals surface area contributed by atoms with Crippen molar-refractivity contribution in [1.82, 2.24) is 15.5 Å². The molecule has 1 fully saturated rings. The van der Waals surface area contributed by atoms with Crippen molar-refractivity contribution in [2.45, 2.75) is 52.9 Å². The van der Waals surface area contributed by atoms with Crippen LogP contribution in [0.1, 0.15) is 52.9 Å². The molecule has 0 aliphatic carbocycles. The molecule has 132 valence electrons. The van der Waals surface area contributed by atoms with Gasteiger partial charge in [-0.05, 0) is 45.2 Å². The number of nitrogens with one attached hydrogen (secondary N) is 2. The summed E-state index contributed by atoms with van der Waals surface area (Å²) < 4.78 is 0. The fraction of sp³-hybridized carbons (Fsp3) is 0.941. The van der Waals surface area contributed by atoms with E-state index in [1.54, 1.807) is 0 Å². The molecule has 2 N–H and O–H groups in total. The Hall–Kier alpha value is -0.0400. The molecule has 1 rings (SSSR count). The quantitative estimate of drug-likeness (QED) is 0.339. The first-order chi connectivity index (χ1) is 10.2. The minimum absolute atomic E-state index is 0. The molecule has 4 nitrogen and oxygen atoms in total. The largest absolute Gasteiger partial charge is 0.357 e. The first-order valence-electron chi connectivity index (χ1n) is 8.90. The third kappa shape index (κ3) is 9.18. The molecule has 0 bridgehead atoms. The van der Waals surface area contributed by atoms with Crippen molar-refractivity contribution in [1.29, 1.82) is 0 Å². The second-order valence-electron chi connectivity index (χ2n) is 6.43. The van der Waals surface area contributed by atoms with Gasteiger partial charge in [0.25, 0.3) is 0 Å². The number of aliphatic imine (C=N–C) groups is 1. The lowest BCUT2D eigenvalue weighted by Gasteiger charge is -2.17. The van der Waals surface area contributed by atoms with E-state index in [4.69, 9.17) is 4.99 Å². The fourth-order valence-electron chi connectivity index (χ4n) is 2.91. The molecule has 0 radical (unpaired) electrons. The van der Waals surface area contributed by atoms with E-state index in [2.05, 4.69) is 43.4 Å². The van der Waals surface area contributed by atoms with Gasteiger partial charge in [-0.25, -0.2) is 0 Å². The molecule has 0 aromatic carbocycles. The molecule has 0 amide bonds. The lowest BCUT2D eigenvalue weighted by atomic mass is 10.00. The molecule has 22 heavy (non-hydrogen) atoms. The first kappa shape index (κ1) is 22.0. The molecule has 1 aliphatic heterocycles. The summed E-state index contributed by atoms with van der Waals surface area (Å²) in [6.45, 7) is 12.1. The Bertz CT molecular complexity index is 296. The number of rotatable bonds is 9. The number of halogens is 1. The third-order valence-electron chi connectivity index (χ3n) is 4.44. The van der Waals surface area contributed by atoms with Gasteiger partial charge < -0.3 is 15.5 Å². The third-order valence-corrected chi connectivity index (χ3v) is 4.44. The highest BCUT2D eigenvalue weighted by molar-refractivity contribution is 14.0. The Morgan fingerprint density at radius 3 is 2.59 bits per heavy atom. The maximum atomic E-state index is 4.80. The summed E-state index contributed by atoms with van der Waals surface area (Å²) in [6.07, 6.45) is 6.46. The SMILES string of the molecule is CCCCC(CC)CN=C(NCC)NCC1CCN(C)C1.I. The zero-order chi connectivity index (χ0) is 15.5. The maximum Gasteiger partial charge on any atom is 0.191 e. The number of nitrogens with zero attached hydrogens (tertiary/aromatic N) is 2. The van der Waals surface area contributed by atoms with Gasteiger partial charge in [0.05, 0.1) is 0 Å². The Labute approximate surface area is 154 Å². The maximum absolute atomic E-state index is 4.80. The molecule has 0 saturated carbocycles. The average Bonchev–Trinajstić information content (AvgIpc) is 2.90. The Kier molecular flexibility index (Phi) is 13.4. The van der Waals surface area contributed by atoms with Crippen molar-refractivity contribution >= 4 is 29.9 Å². The molecule has 2 atom stereocenters. The van der Waals surface area contributed by atoms with Crippen LogP contribution in [0.3, 0.4) is 0 Å². The van der Waals surface area contributed by atoms with Gasteiger partial charge in [0.15, 0.2) is 5.96 Å². The van der Waals surface area contributed by atoms with Crippen LogP contribution < -0.4 is 10.6 Å². The van der Waals surface area contributed by atoms with E-state index in [1.165, 1.54) is 45.2 Å². The number of likely N-dealkylation sites (tertiary alicyclic amines) is 1. The van der Waals surface area contributed by atoms with Crippen LogP contribution >= 0.6 is 24.0 Å². The van der Waals surface area contributed by atoms with Gasteiger partial charge in [0.2, 0.25) is 0 Å². The summed E-state index contributed by atoms with van der Waals surface area (Å²) in [7, 11) is 2.21. The van der Waals surface area contributed by atoms with Crippen LogP contribution in [0, 0.1) is 11.8 Å². The molecule has 1 heterocycles. The van der Waals surface area contributed by atoms with Crippen LogP contribution in [0.5, 0.6) is 0 Å². The van der Waals surface area contributed by atoms with Crippen LogP contribution in [-0.2, 0) is 0 Å². The molecule has 5 heteroatoms. The number of hydrogen-bond donors (Lipinski definition) is 2. The normalized spacial score (nSPS) is 20.5. The van der Waals surface area contributed by atoms with Crippen LogP contribution in [-0.4, -0.2) is 50.6 Å². The van der Waals surface area contributed by atoms with Crippen molar-refractivity contribution in [3.8, 4) is 0 Å². The minimum atomic E-state index is 0. The summed E-state index contributed by atoms with van der Waals surface area (Å²) in [5, 5.41) is 6.91. The minimum Gasteiger partial charge on any atom is -0.357 e. The van der Waals surface area contributed by atoms with Gasteiger partial charge in [-0.1, -0.05) is 33.1 Å². The zero-order valence-corrected chi connectivity index (χ0v) is 17.4. The van der Waals surface area contributed by atoms with Gasteiger partial charge in [-0.3, -0.25) is 4.99 Å². The van der Waals surface area contributed by atoms with Crippen LogP contribution in [0.4, 0.5) is 0 Å². The molecule has 1 aliphatic rings. The van der Waals surface area contributed by atoms with E-state index in [1.807, 2.05) is 0 Å². The van der Waals surface area contributed by atoms with E-state index in [0.29, 0.717) is 0 Å². The monoisotopic (exact) mass is 424 g/mol. The molecule has 1 saturated heterocycles. The summed E-state index contributed by atoms with van der Waals surface area (Å²) in [5.41, 5.74) is 0. The predicted molar refractivity (Wildman–Crippen MR) is 108 cm³/mol. The molecule has 0 aromatic heterocycles. The van der Waals surface area contributed by atoms with E-state index < -0.39 is 0 Å². The van der Waals surface area contributed by atoms with Crippen molar-refractivity contribution < 1.29 is 0 Å². The zero-order valence-electron chi connectivity index (χ0n) is 15.0. The fourth-order valence-corrected chi connectivity index (χ4v) is 2.91. The van der Waals surface area contributed by atoms with Gasteiger partial charge in [0.1, 0.15) is 0 Å². The highest BCUT2D eigenvalue weighted by atomic mass is 127. The lowest BCUT2D eigenvalue weighted by Crippen LogP contribution is -2.40. The molecule has 0 aromatic rings. The van der Waals surface area contributed by atoms with Crippen molar-refractivity contribution in [3.05, 3.63) is 0 Å². The van der Waals surface area contributed by atoms with Gasteiger partial charge in [-0.15, -0.1) is 24.0 Å². The van der Waals surface area contributed by atoms with E-state index in [0.717, 1.165) is 37.4 Å². The number of unbranched alkanes of at least 4 members (excludes halogenated alkanes) is 1. The molecular weight excluding hydrogens is 387 g/mol. The highest BCUT2D eigenvalue weighted by Gasteiger charge is 2.19. The number of guanidine groups is 1. The lowest BCUT2D eigenvalue weighted by molar-refractivity contribution is 0.393. The summed E-state index contributed by atoms with van der Waals surface area (Å²) >= 11 is 0. The van der Waals surface area contributed by atoms with Crippen LogP contribution in [0.2, 0.25) is 0 Å². The highest BCUT2D eigenvalue weighted by Crippen LogP contribution is 2.14. The summed E-state index contributed by atoms with van der Waals surface area (Å²) in [6, 6.07) is 0. The standard InChI is InChI=1S/C17H36N4.HI/c1-5-8-9-15(6-2)12-19-17(18-7-3)20-13-16-10-11-21(4)14-16;/h15-16H,5-14H2,1-4H3,(H2,18,19,20);1H.